The number of para-hydroxylation sites is 1. The minimum Gasteiger partial charge on any atom is -0.456 e. The van der Waals surface area contributed by atoms with Gasteiger partial charge in [-0.2, -0.15) is 0 Å². The number of carbonyl (C=O) groups is 1. The van der Waals surface area contributed by atoms with Gasteiger partial charge in [-0.15, -0.1) is 0 Å². The number of hydrogen-bond donors (Lipinski definition) is 1. The van der Waals surface area contributed by atoms with Gasteiger partial charge in [0, 0.05) is 28.1 Å². The van der Waals surface area contributed by atoms with Crippen LogP contribution < -0.4 is 9.62 Å². The first-order valence-electron chi connectivity index (χ1n) is 11.0. The van der Waals surface area contributed by atoms with Crippen LogP contribution in [0.15, 0.2) is 83.3 Å². The van der Waals surface area contributed by atoms with Crippen molar-refractivity contribution in [2.75, 3.05) is 15.9 Å². The predicted molar refractivity (Wildman–Crippen MR) is 151 cm³/mol. The van der Waals surface area contributed by atoms with Crippen molar-refractivity contribution >= 4 is 84.0 Å². The molecule has 0 aliphatic rings. The number of nitrogens with one attached hydrogen (secondary N) is 1. The van der Waals surface area contributed by atoms with Crippen molar-refractivity contribution in [1.82, 2.24) is 0 Å². The van der Waals surface area contributed by atoms with E-state index in [4.69, 9.17) is 39.2 Å². The summed E-state index contributed by atoms with van der Waals surface area (Å²) in [6.45, 7) is -0.0128. The lowest BCUT2D eigenvalue weighted by Crippen LogP contribution is -2.29. The van der Waals surface area contributed by atoms with E-state index in [1.165, 1.54) is 12.1 Å². The highest BCUT2D eigenvalue weighted by Crippen LogP contribution is 2.36. The number of anilines is 2. The lowest BCUT2D eigenvalue weighted by molar-refractivity contribution is 0.102. The summed E-state index contributed by atoms with van der Waals surface area (Å²) in [5.41, 5.74) is 3.32. The van der Waals surface area contributed by atoms with Crippen molar-refractivity contribution in [1.29, 1.82) is 0 Å². The Morgan fingerprint density at radius 3 is 2.24 bits per heavy atom. The molecule has 0 unspecified atom stereocenters. The standard InChI is InChI=1S/C27H19Cl3N2O4S/c1-37(34,35)32(24-14-22(29)21(28)13-23(24)30)15-16-6-8-17(9-7-16)27(33)31-18-10-11-20-19-4-2-3-5-25(19)36-26(20)12-18/h2-14H,15H2,1H3,(H,31,33). The fourth-order valence-corrected chi connectivity index (χ4v) is 5.60. The first-order chi connectivity index (χ1) is 17.6. The van der Waals surface area contributed by atoms with Crippen LogP contribution in [0, 0.1) is 0 Å². The number of halogens is 3. The van der Waals surface area contributed by atoms with Gasteiger partial charge in [0.25, 0.3) is 5.91 Å². The third-order valence-corrected chi connectivity index (χ3v) is 7.99. The minimum atomic E-state index is -3.70. The van der Waals surface area contributed by atoms with Crippen molar-refractivity contribution in [2.24, 2.45) is 0 Å². The number of fused-ring (bicyclic) bond motifs is 3. The maximum absolute atomic E-state index is 12.9. The van der Waals surface area contributed by atoms with E-state index in [0.717, 1.165) is 26.9 Å². The van der Waals surface area contributed by atoms with Crippen molar-refractivity contribution in [3.05, 3.63) is 105 Å². The van der Waals surface area contributed by atoms with E-state index in [1.54, 1.807) is 30.3 Å². The summed E-state index contributed by atoms with van der Waals surface area (Å²) in [4.78, 5) is 12.9. The molecule has 0 radical (unpaired) electrons. The van der Waals surface area contributed by atoms with Crippen LogP contribution in [-0.4, -0.2) is 20.6 Å². The maximum Gasteiger partial charge on any atom is 0.255 e. The Kier molecular flexibility index (Phi) is 6.81. The Labute approximate surface area is 228 Å². The molecule has 0 aliphatic heterocycles. The summed E-state index contributed by atoms with van der Waals surface area (Å²) >= 11 is 18.3. The van der Waals surface area contributed by atoms with Crippen molar-refractivity contribution < 1.29 is 17.6 Å². The highest BCUT2D eigenvalue weighted by Gasteiger charge is 2.22. The zero-order chi connectivity index (χ0) is 26.3. The number of sulfonamides is 1. The molecule has 0 aliphatic carbocycles. The predicted octanol–water partition coefficient (Wildman–Crippen LogP) is 7.76. The first-order valence-corrected chi connectivity index (χ1v) is 14.0. The van der Waals surface area contributed by atoms with Crippen LogP contribution in [-0.2, 0) is 16.6 Å². The number of carbonyl (C=O) groups excluding carboxylic acids is 1. The van der Waals surface area contributed by atoms with E-state index in [0.29, 0.717) is 22.4 Å². The molecule has 0 fully saturated rings. The van der Waals surface area contributed by atoms with Gasteiger partial charge in [0.05, 0.1) is 33.6 Å². The van der Waals surface area contributed by atoms with Crippen LogP contribution in [0.4, 0.5) is 11.4 Å². The summed E-state index contributed by atoms with van der Waals surface area (Å²) in [6.07, 6.45) is 1.08. The molecule has 0 spiro atoms. The van der Waals surface area contributed by atoms with E-state index in [-0.39, 0.29) is 33.2 Å². The van der Waals surface area contributed by atoms with Gasteiger partial charge in [-0.1, -0.05) is 65.1 Å². The largest absolute Gasteiger partial charge is 0.456 e. The van der Waals surface area contributed by atoms with E-state index in [2.05, 4.69) is 5.32 Å². The van der Waals surface area contributed by atoms with Crippen LogP contribution in [0.1, 0.15) is 15.9 Å². The monoisotopic (exact) mass is 572 g/mol. The summed E-state index contributed by atoms with van der Waals surface area (Å²) in [5, 5.41) is 5.41. The molecule has 1 aromatic heterocycles. The van der Waals surface area contributed by atoms with E-state index in [9.17, 15) is 13.2 Å². The SMILES string of the molecule is CS(=O)(=O)N(Cc1ccc(C(=O)Nc2ccc3c(c2)oc2ccccc23)cc1)c1cc(Cl)c(Cl)cc1Cl. The van der Waals surface area contributed by atoms with Gasteiger partial charge < -0.3 is 9.73 Å². The lowest BCUT2D eigenvalue weighted by Gasteiger charge is -2.24. The molecule has 1 heterocycles. The molecule has 37 heavy (non-hydrogen) atoms. The zero-order valence-corrected chi connectivity index (χ0v) is 22.4. The smallest absolute Gasteiger partial charge is 0.255 e. The molecule has 4 aromatic carbocycles. The van der Waals surface area contributed by atoms with Crippen LogP contribution in [0.3, 0.4) is 0 Å². The second-order valence-corrected chi connectivity index (χ2v) is 11.6. The second kappa shape index (κ2) is 9.91. The maximum atomic E-state index is 12.9. The Balaban J connectivity index is 1.35. The lowest BCUT2D eigenvalue weighted by atomic mass is 10.1. The topological polar surface area (TPSA) is 79.6 Å². The van der Waals surface area contributed by atoms with E-state index >= 15 is 0 Å². The van der Waals surface area contributed by atoms with Gasteiger partial charge in [-0.25, -0.2) is 8.42 Å². The summed E-state index contributed by atoms with van der Waals surface area (Å²) in [6, 6.07) is 22.7. The Morgan fingerprint density at radius 1 is 0.838 bits per heavy atom. The Morgan fingerprint density at radius 2 is 1.51 bits per heavy atom. The first kappa shape index (κ1) is 25.4. The quantitative estimate of drug-likeness (QED) is 0.211. The Bertz CT molecular complexity index is 1770. The number of benzene rings is 4. The van der Waals surface area contributed by atoms with Gasteiger partial charge >= 0.3 is 0 Å². The summed E-state index contributed by atoms with van der Waals surface area (Å²) in [7, 11) is -3.70. The van der Waals surface area contributed by atoms with Crippen molar-refractivity contribution in [3.63, 3.8) is 0 Å². The number of nitrogens with zero attached hydrogens (tertiary/aromatic N) is 1. The number of amides is 1. The molecular formula is C27H19Cl3N2O4S. The number of furan rings is 1. The second-order valence-electron chi connectivity index (χ2n) is 8.45. The van der Waals surface area contributed by atoms with E-state index < -0.39 is 10.0 Å². The van der Waals surface area contributed by atoms with Crippen LogP contribution in [0.25, 0.3) is 21.9 Å². The molecule has 5 aromatic rings. The van der Waals surface area contributed by atoms with Crippen molar-refractivity contribution in [3.8, 4) is 0 Å². The molecular weight excluding hydrogens is 555 g/mol. The van der Waals surface area contributed by atoms with Gasteiger partial charge in [0.1, 0.15) is 11.2 Å². The van der Waals surface area contributed by atoms with Crippen LogP contribution in [0.5, 0.6) is 0 Å². The van der Waals surface area contributed by atoms with Crippen LogP contribution >= 0.6 is 34.8 Å². The molecule has 0 saturated heterocycles. The zero-order valence-electron chi connectivity index (χ0n) is 19.3. The van der Waals surface area contributed by atoms with Crippen molar-refractivity contribution in [2.45, 2.75) is 6.54 Å². The third-order valence-electron chi connectivity index (χ3n) is 5.84. The molecule has 0 saturated carbocycles. The van der Waals surface area contributed by atoms with Gasteiger partial charge in [0.2, 0.25) is 10.0 Å². The van der Waals surface area contributed by atoms with Gasteiger partial charge in [0.15, 0.2) is 0 Å². The molecule has 6 nitrogen and oxygen atoms in total. The molecule has 5 rings (SSSR count). The highest BCUT2D eigenvalue weighted by molar-refractivity contribution is 7.92. The molecule has 1 amide bonds. The molecule has 0 atom stereocenters. The summed E-state index contributed by atoms with van der Waals surface area (Å²) < 4.78 is 32.1. The Hall–Kier alpha value is -3.23. The average molecular weight is 574 g/mol. The molecule has 1 N–H and O–H groups in total. The fourth-order valence-electron chi connectivity index (χ4n) is 4.02. The highest BCUT2D eigenvalue weighted by atomic mass is 35.5. The normalized spacial score (nSPS) is 11.7. The van der Waals surface area contributed by atoms with Gasteiger partial charge in [-0.3, -0.25) is 9.10 Å². The minimum absolute atomic E-state index is 0.0128. The van der Waals surface area contributed by atoms with E-state index in [1.807, 2.05) is 36.4 Å². The van der Waals surface area contributed by atoms with Gasteiger partial charge in [-0.05, 0) is 48.0 Å². The third kappa shape index (κ3) is 5.26. The molecule has 10 heteroatoms. The average Bonchev–Trinajstić information content (AvgIpc) is 3.22. The molecule has 188 valence electrons. The van der Waals surface area contributed by atoms with Crippen LogP contribution in [0.2, 0.25) is 15.1 Å². The summed E-state index contributed by atoms with van der Waals surface area (Å²) in [5.74, 6) is -0.311. The number of rotatable bonds is 6. The number of hydrogen-bond acceptors (Lipinski definition) is 4. The molecule has 0 bridgehead atoms. The fraction of sp³-hybridized carbons (Fsp3) is 0.0741.